The maximum atomic E-state index is 15.6. The lowest BCUT2D eigenvalue weighted by molar-refractivity contribution is -0.124. The monoisotopic (exact) mass is 487 g/mol. The van der Waals surface area contributed by atoms with Gasteiger partial charge in [-0.2, -0.15) is 0 Å². The molecule has 1 saturated heterocycles. The Morgan fingerprint density at radius 3 is 2.62 bits per heavy atom. The lowest BCUT2D eigenvalue weighted by Crippen LogP contribution is -2.49. The maximum absolute atomic E-state index is 15.6. The van der Waals surface area contributed by atoms with E-state index >= 15 is 4.39 Å². The first-order chi connectivity index (χ1) is 16.0. The molecule has 2 fully saturated rings. The smallest absolute Gasteiger partial charge is 0.238 e. The summed E-state index contributed by atoms with van der Waals surface area (Å²) in [7, 11) is 0. The highest BCUT2D eigenvalue weighted by Crippen LogP contribution is 2.57. The van der Waals surface area contributed by atoms with Gasteiger partial charge in [0.1, 0.15) is 17.0 Å². The summed E-state index contributed by atoms with van der Waals surface area (Å²) in [6.45, 7) is 6.15. The van der Waals surface area contributed by atoms with Crippen molar-refractivity contribution in [2.75, 3.05) is 5.32 Å². The third-order valence-corrected chi connectivity index (χ3v) is 7.44. The van der Waals surface area contributed by atoms with Gasteiger partial charge in [0, 0.05) is 23.7 Å². The summed E-state index contributed by atoms with van der Waals surface area (Å²) >= 11 is 6.16. The maximum Gasteiger partial charge on any atom is 0.238 e. The molecule has 2 aliphatic heterocycles. The molecule has 3 N–H and O–H groups in total. The summed E-state index contributed by atoms with van der Waals surface area (Å²) in [6, 6.07) is 7.53. The predicted molar refractivity (Wildman–Crippen MR) is 127 cm³/mol. The van der Waals surface area contributed by atoms with Crippen LogP contribution in [0.5, 0.6) is 0 Å². The first-order valence-electron chi connectivity index (χ1n) is 11.6. The van der Waals surface area contributed by atoms with Crippen molar-refractivity contribution in [2.24, 2.45) is 5.41 Å². The van der Waals surface area contributed by atoms with Crippen LogP contribution in [0.15, 0.2) is 36.4 Å². The molecule has 1 aliphatic carbocycles. The third-order valence-electron chi connectivity index (χ3n) is 7.14. The Bertz CT molecular complexity index is 1180. The molecular weight excluding hydrogens is 460 g/mol. The Kier molecular flexibility index (Phi) is 5.48. The number of benzene rings is 2. The molecule has 5 rings (SSSR count). The zero-order chi connectivity index (χ0) is 24.4. The van der Waals surface area contributed by atoms with E-state index in [0.717, 1.165) is 12.8 Å². The number of hydrogen-bond donors (Lipinski definition) is 3. The van der Waals surface area contributed by atoms with Crippen LogP contribution in [0.3, 0.4) is 0 Å². The molecule has 0 radical (unpaired) electrons. The highest BCUT2D eigenvalue weighted by Gasteiger charge is 2.66. The molecule has 180 valence electrons. The van der Waals surface area contributed by atoms with Crippen LogP contribution in [0, 0.1) is 17.0 Å². The molecule has 2 amide bonds. The number of amides is 2. The first-order valence-corrected chi connectivity index (χ1v) is 12.0. The third kappa shape index (κ3) is 3.69. The average molecular weight is 488 g/mol. The fourth-order valence-electron chi connectivity index (χ4n) is 5.67. The van der Waals surface area contributed by atoms with E-state index in [1.807, 2.05) is 20.8 Å². The van der Waals surface area contributed by atoms with Gasteiger partial charge in [0.2, 0.25) is 11.8 Å². The number of carbonyl (C=O) groups excluding carboxylic acids is 2. The number of anilines is 1. The van der Waals surface area contributed by atoms with Gasteiger partial charge in [-0.1, -0.05) is 50.6 Å². The SMILES string of the molecule is CC(C)(C)C[C@H]1N[C@@H](C(=O)NC2CC2)[C@H](c2cccc(Cl)c2F)[C@@]12C(=O)Nc1cc(F)ccc12. The fourth-order valence-corrected chi connectivity index (χ4v) is 5.85. The number of hydrogen-bond acceptors (Lipinski definition) is 3. The first kappa shape index (κ1) is 23.2. The van der Waals surface area contributed by atoms with Crippen molar-refractivity contribution >= 4 is 29.1 Å². The second-order valence-electron chi connectivity index (χ2n) is 10.9. The molecule has 0 aromatic heterocycles. The molecular formula is C26H28ClF2N3O2. The lowest BCUT2D eigenvalue weighted by atomic mass is 9.62. The number of halogens is 3. The molecule has 1 saturated carbocycles. The summed E-state index contributed by atoms with van der Waals surface area (Å²) < 4.78 is 29.7. The van der Waals surface area contributed by atoms with Gasteiger partial charge in [-0.3, -0.25) is 9.59 Å². The number of nitrogens with one attached hydrogen (secondary N) is 3. The zero-order valence-corrected chi connectivity index (χ0v) is 20.1. The predicted octanol–water partition coefficient (Wildman–Crippen LogP) is 4.65. The van der Waals surface area contributed by atoms with E-state index in [1.165, 1.54) is 18.2 Å². The summed E-state index contributed by atoms with van der Waals surface area (Å²) in [5.74, 6) is -2.67. The molecule has 34 heavy (non-hydrogen) atoms. The minimum atomic E-state index is -1.33. The van der Waals surface area contributed by atoms with Crippen LogP contribution in [-0.4, -0.2) is 29.9 Å². The Labute approximate surface area is 202 Å². The van der Waals surface area contributed by atoms with Gasteiger partial charge in [0.05, 0.1) is 11.1 Å². The van der Waals surface area contributed by atoms with E-state index in [-0.39, 0.29) is 33.9 Å². The van der Waals surface area contributed by atoms with Crippen molar-refractivity contribution in [2.45, 2.75) is 69.5 Å². The fraction of sp³-hybridized carbons (Fsp3) is 0.462. The van der Waals surface area contributed by atoms with Gasteiger partial charge in [0.25, 0.3) is 0 Å². The second kappa shape index (κ2) is 8.02. The summed E-state index contributed by atoms with van der Waals surface area (Å²) in [5, 5.41) is 9.19. The van der Waals surface area contributed by atoms with Crippen LogP contribution in [0.4, 0.5) is 14.5 Å². The van der Waals surface area contributed by atoms with Gasteiger partial charge >= 0.3 is 0 Å². The van der Waals surface area contributed by atoms with Crippen LogP contribution in [0.2, 0.25) is 5.02 Å². The Morgan fingerprint density at radius 1 is 1.21 bits per heavy atom. The van der Waals surface area contributed by atoms with Gasteiger partial charge < -0.3 is 16.0 Å². The van der Waals surface area contributed by atoms with E-state index < -0.39 is 35.1 Å². The minimum absolute atomic E-state index is 0.0778. The number of fused-ring (bicyclic) bond motifs is 2. The van der Waals surface area contributed by atoms with Gasteiger partial charge in [0.15, 0.2) is 0 Å². The van der Waals surface area contributed by atoms with E-state index in [4.69, 9.17) is 11.6 Å². The van der Waals surface area contributed by atoms with Crippen LogP contribution < -0.4 is 16.0 Å². The van der Waals surface area contributed by atoms with Crippen LogP contribution in [-0.2, 0) is 15.0 Å². The van der Waals surface area contributed by atoms with Gasteiger partial charge in [-0.25, -0.2) is 8.78 Å². The average Bonchev–Trinajstić information content (AvgIpc) is 3.43. The quantitative estimate of drug-likeness (QED) is 0.588. The van der Waals surface area contributed by atoms with Crippen LogP contribution in [0.25, 0.3) is 0 Å². The largest absolute Gasteiger partial charge is 0.352 e. The second-order valence-corrected chi connectivity index (χ2v) is 11.3. The van der Waals surface area contributed by atoms with Crippen molar-refractivity contribution < 1.29 is 18.4 Å². The molecule has 0 unspecified atom stereocenters. The Hall–Kier alpha value is -2.51. The standard InChI is InChI=1S/C26H28ClF2N3O2/c1-25(2,3)12-19-26(16-10-7-13(28)11-18(16)31-24(26)34)20(15-5-4-6-17(27)21(15)29)22(32-19)23(33)30-14-8-9-14/h4-7,10-11,14,19-20,22,32H,8-9,12H2,1-3H3,(H,30,33)(H,31,34)/t19-,20+,22-,26+/m1/s1. The van der Waals surface area contributed by atoms with Crippen molar-refractivity contribution in [3.63, 3.8) is 0 Å². The summed E-state index contributed by atoms with van der Waals surface area (Å²) in [6.07, 6.45) is 2.32. The highest BCUT2D eigenvalue weighted by atomic mass is 35.5. The van der Waals surface area contributed by atoms with Crippen molar-refractivity contribution in [3.05, 3.63) is 64.2 Å². The number of carbonyl (C=O) groups is 2. The molecule has 2 heterocycles. The van der Waals surface area contributed by atoms with Crippen molar-refractivity contribution in [3.8, 4) is 0 Å². The van der Waals surface area contributed by atoms with Crippen molar-refractivity contribution in [1.29, 1.82) is 0 Å². The summed E-state index contributed by atoms with van der Waals surface area (Å²) in [4.78, 5) is 27.4. The topological polar surface area (TPSA) is 70.2 Å². The Morgan fingerprint density at radius 2 is 1.94 bits per heavy atom. The number of rotatable bonds is 4. The van der Waals surface area contributed by atoms with E-state index in [9.17, 15) is 14.0 Å². The minimum Gasteiger partial charge on any atom is -0.352 e. The van der Waals surface area contributed by atoms with Gasteiger partial charge in [-0.05, 0) is 54.0 Å². The molecule has 3 aliphatic rings. The molecule has 2 aromatic carbocycles. The lowest BCUT2D eigenvalue weighted by Gasteiger charge is -2.37. The zero-order valence-electron chi connectivity index (χ0n) is 19.3. The van der Waals surface area contributed by atoms with E-state index in [0.29, 0.717) is 17.7 Å². The van der Waals surface area contributed by atoms with Crippen LogP contribution in [0.1, 0.15) is 57.1 Å². The Balaban J connectivity index is 1.75. The van der Waals surface area contributed by atoms with E-state index in [1.54, 1.807) is 18.2 Å². The van der Waals surface area contributed by atoms with E-state index in [2.05, 4.69) is 16.0 Å². The molecule has 8 heteroatoms. The molecule has 2 aromatic rings. The van der Waals surface area contributed by atoms with Crippen molar-refractivity contribution in [1.82, 2.24) is 10.6 Å². The molecule has 4 atom stereocenters. The highest BCUT2D eigenvalue weighted by molar-refractivity contribution is 6.30. The molecule has 0 bridgehead atoms. The molecule has 5 nitrogen and oxygen atoms in total. The molecule has 1 spiro atoms. The normalized spacial score (nSPS) is 28.2. The summed E-state index contributed by atoms with van der Waals surface area (Å²) in [5.41, 5.74) is -0.437. The van der Waals surface area contributed by atoms with Gasteiger partial charge in [-0.15, -0.1) is 0 Å². The van der Waals surface area contributed by atoms with Crippen LogP contribution >= 0.6 is 11.6 Å².